The van der Waals surface area contributed by atoms with E-state index in [0.29, 0.717) is 22.8 Å². The smallest absolute Gasteiger partial charge is 0.232 e. The first-order chi connectivity index (χ1) is 12.6. The molecule has 3 nitrogen and oxygen atoms in total. The van der Waals surface area contributed by atoms with Gasteiger partial charge in [0, 0.05) is 17.8 Å². The highest BCUT2D eigenvalue weighted by Gasteiger charge is 2.60. The molecule has 0 aliphatic heterocycles. The lowest BCUT2D eigenvalue weighted by atomic mass is 9.45. The minimum Gasteiger partial charge on any atom is -0.473 e. The van der Waals surface area contributed by atoms with Crippen LogP contribution in [0.3, 0.4) is 0 Å². The van der Waals surface area contributed by atoms with Crippen LogP contribution in [-0.4, -0.2) is 16.1 Å². The van der Waals surface area contributed by atoms with Crippen LogP contribution in [0.4, 0.5) is 0 Å². The summed E-state index contributed by atoms with van der Waals surface area (Å²) in [5.41, 5.74) is 0.961. The Morgan fingerprint density at radius 2 is 1.77 bits per heavy atom. The largest absolute Gasteiger partial charge is 0.473 e. The lowest BCUT2D eigenvalue weighted by molar-refractivity contribution is -0.117. The van der Waals surface area contributed by atoms with E-state index in [4.69, 9.17) is 4.74 Å². The summed E-state index contributed by atoms with van der Waals surface area (Å²) in [5, 5.41) is 0. The molecule has 4 fully saturated rings. The summed E-state index contributed by atoms with van der Waals surface area (Å²) in [5.74, 6) is 4.47. The molecule has 4 aliphatic rings. The van der Waals surface area contributed by atoms with E-state index in [-0.39, 0.29) is 0 Å². The van der Waals surface area contributed by atoms with Gasteiger partial charge in [-0.05, 0) is 80.5 Å². The summed E-state index contributed by atoms with van der Waals surface area (Å²) in [4.78, 5) is 8.56. The number of fused-ring (bicyclic) bond motifs is 5. The summed E-state index contributed by atoms with van der Waals surface area (Å²) in [6.45, 7) is 5.19. The van der Waals surface area contributed by atoms with E-state index in [1.807, 2.05) is 0 Å². The molecule has 26 heavy (non-hydrogen) atoms. The van der Waals surface area contributed by atoms with E-state index < -0.39 is 0 Å². The number of aromatic nitrogens is 2. The Bertz CT molecular complexity index is 649. The second-order valence-electron chi connectivity index (χ2n) is 10.2. The Balaban J connectivity index is 1.38. The van der Waals surface area contributed by atoms with Gasteiger partial charge >= 0.3 is 0 Å². The fourth-order valence-corrected chi connectivity index (χ4v) is 7.93. The van der Waals surface area contributed by atoms with Gasteiger partial charge in [-0.3, -0.25) is 4.98 Å². The molecule has 0 bridgehead atoms. The zero-order chi connectivity index (χ0) is 17.8. The molecule has 1 heterocycles. The van der Waals surface area contributed by atoms with E-state index in [2.05, 4.69) is 23.8 Å². The topological polar surface area (TPSA) is 35.0 Å². The Kier molecular flexibility index (Phi) is 4.06. The molecular formula is C23H34N2O. The standard InChI is InChI=1S/C23H34N2O/c1-22-11-4-3-5-16(22)6-7-17-18-8-9-20(23(18,2)12-10-19(17)22)26-21-15-24-13-14-25-21/h13-20H,3-12H2,1-2H3/t16?,17-,18-,19+,20?,22-,23-/m0/s1. The second kappa shape index (κ2) is 6.21. The highest BCUT2D eigenvalue weighted by molar-refractivity contribution is 5.12. The van der Waals surface area contributed by atoms with Gasteiger partial charge in [0.05, 0.1) is 6.20 Å². The van der Waals surface area contributed by atoms with Crippen molar-refractivity contribution in [2.45, 2.75) is 84.2 Å². The van der Waals surface area contributed by atoms with E-state index in [0.717, 1.165) is 23.7 Å². The van der Waals surface area contributed by atoms with Gasteiger partial charge < -0.3 is 4.74 Å². The average molecular weight is 355 g/mol. The van der Waals surface area contributed by atoms with Crippen LogP contribution in [-0.2, 0) is 0 Å². The van der Waals surface area contributed by atoms with E-state index in [1.165, 1.54) is 64.2 Å². The molecule has 0 spiro atoms. The van der Waals surface area contributed by atoms with Crippen molar-refractivity contribution in [3.63, 3.8) is 0 Å². The van der Waals surface area contributed by atoms with Crippen molar-refractivity contribution in [2.24, 2.45) is 34.5 Å². The summed E-state index contributed by atoms with van der Waals surface area (Å²) >= 11 is 0. The third-order valence-electron chi connectivity index (χ3n) is 9.30. The molecular weight excluding hydrogens is 320 g/mol. The molecule has 1 aromatic heterocycles. The van der Waals surface area contributed by atoms with Crippen LogP contribution in [0.1, 0.15) is 78.1 Å². The Hall–Kier alpha value is -1.12. The maximum absolute atomic E-state index is 6.39. The van der Waals surface area contributed by atoms with Gasteiger partial charge in [0.2, 0.25) is 5.88 Å². The van der Waals surface area contributed by atoms with Gasteiger partial charge in [-0.15, -0.1) is 0 Å². The maximum Gasteiger partial charge on any atom is 0.232 e. The predicted molar refractivity (Wildman–Crippen MR) is 103 cm³/mol. The quantitative estimate of drug-likeness (QED) is 0.687. The molecule has 0 amide bonds. The summed E-state index contributed by atoms with van der Waals surface area (Å²) in [6.07, 6.45) is 19.8. The molecule has 3 heteroatoms. The number of hydrogen-bond acceptors (Lipinski definition) is 3. The first-order valence-corrected chi connectivity index (χ1v) is 11.0. The molecule has 5 rings (SSSR count). The van der Waals surface area contributed by atoms with Gasteiger partial charge in [0.25, 0.3) is 0 Å². The third-order valence-corrected chi connectivity index (χ3v) is 9.30. The van der Waals surface area contributed by atoms with Gasteiger partial charge in [-0.25, -0.2) is 4.98 Å². The van der Waals surface area contributed by atoms with Gasteiger partial charge in [0.15, 0.2) is 0 Å². The van der Waals surface area contributed by atoms with Crippen LogP contribution in [0.5, 0.6) is 5.88 Å². The molecule has 142 valence electrons. The van der Waals surface area contributed by atoms with Gasteiger partial charge in [-0.2, -0.15) is 0 Å². The van der Waals surface area contributed by atoms with Crippen molar-refractivity contribution in [2.75, 3.05) is 0 Å². The van der Waals surface area contributed by atoms with E-state index in [1.54, 1.807) is 18.6 Å². The monoisotopic (exact) mass is 354 g/mol. The SMILES string of the molecule is C[C@]12CCCCC1CC[C@@H]1[C@H]2CC[C@]2(C)C(Oc3cnccn3)CC[C@@H]12. The van der Waals surface area contributed by atoms with Crippen LogP contribution >= 0.6 is 0 Å². The molecule has 2 unspecified atom stereocenters. The highest BCUT2D eigenvalue weighted by Crippen LogP contribution is 2.66. The zero-order valence-corrected chi connectivity index (χ0v) is 16.5. The Morgan fingerprint density at radius 3 is 2.62 bits per heavy atom. The molecule has 0 N–H and O–H groups in total. The lowest BCUT2D eigenvalue weighted by Gasteiger charge is -2.60. The molecule has 0 saturated heterocycles. The fourth-order valence-electron chi connectivity index (χ4n) is 7.93. The van der Waals surface area contributed by atoms with E-state index >= 15 is 0 Å². The van der Waals surface area contributed by atoms with Crippen LogP contribution < -0.4 is 4.74 Å². The number of nitrogens with zero attached hydrogens (tertiary/aromatic N) is 2. The molecule has 0 radical (unpaired) electrons. The third kappa shape index (κ3) is 2.45. The lowest BCUT2D eigenvalue weighted by Crippen LogP contribution is -2.53. The average Bonchev–Trinajstić information content (AvgIpc) is 2.98. The first-order valence-electron chi connectivity index (χ1n) is 11.0. The summed E-state index contributed by atoms with van der Waals surface area (Å²) in [7, 11) is 0. The fraction of sp³-hybridized carbons (Fsp3) is 0.826. The van der Waals surface area contributed by atoms with Crippen molar-refractivity contribution in [3.05, 3.63) is 18.6 Å². The second-order valence-corrected chi connectivity index (χ2v) is 10.2. The van der Waals surface area contributed by atoms with Crippen LogP contribution in [0.25, 0.3) is 0 Å². The van der Waals surface area contributed by atoms with Crippen molar-refractivity contribution in [1.82, 2.24) is 9.97 Å². The van der Waals surface area contributed by atoms with Gasteiger partial charge in [-0.1, -0.05) is 26.7 Å². The van der Waals surface area contributed by atoms with Crippen molar-refractivity contribution in [3.8, 4) is 5.88 Å². The molecule has 7 atom stereocenters. The van der Waals surface area contributed by atoms with Crippen LogP contribution in [0.2, 0.25) is 0 Å². The van der Waals surface area contributed by atoms with Crippen molar-refractivity contribution < 1.29 is 4.74 Å². The molecule has 4 aliphatic carbocycles. The number of ether oxygens (including phenoxy) is 1. The van der Waals surface area contributed by atoms with Crippen LogP contribution in [0, 0.1) is 34.5 Å². The Labute approximate surface area is 158 Å². The molecule has 4 saturated carbocycles. The molecule has 0 aromatic carbocycles. The Morgan fingerprint density at radius 1 is 0.885 bits per heavy atom. The summed E-state index contributed by atoms with van der Waals surface area (Å²) < 4.78 is 6.39. The normalized spacial score (nSPS) is 47.5. The zero-order valence-electron chi connectivity index (χ0n) is 16.5. The maximum atomic E-state index is 6.39. The highest BCUT2D eigenvalue weighted by atomic mass is 16.5. The van der Waals surface area contributed by atoms with Crippen LogP contribution in [0.15, 0.2) is 18.6 Å². The minimum atomic E-state index is 0.321. The minimum absolute atomic E-state index is 0.321. The van der Waals surface area contributed by atoms with Crippen molar-refractivity contribution in [1.29, 1.82) is 0 Å². The van der Waals surface area contributed by atoms with Crippen molar-refractivity contribution >= 4 is 0 Å². The van der Waals surface area contributed by atoms with Gasteiger partial charge in [0.1, 0.15) is 6.10 Å². The first kappa shape index (κ1) is 17.0. The predicted octanol–water partition coefficient (Wildman–Crippen LogP) is 5.66. The molecule has 1 aromatic rings. The van der Waals surface area contributed by atoms with E-state index in [9.17, 15) is 0 Å². The number of hydrogen-bond donors (Lipinski definition) is 0. The summed E-state index contributed by atoms with van der Waals surface area (Å²) in [6, 6.07) is 0. The number of rotatable bonds is 2.